The predicted octanol–water partition coefficient (Wildman–Crippen LogP) is 3.97. The molecule has 0 bridgehead atoms. The lowest BCUT2D eigenvalue weighted by molar-refractivity contribution is -0.141. The molecule has 3 rings (SSSR count). The Morgan fingerprint density at radius 3 is 2.61 bits per heavy atom. The van der Waals surface area contributed by atoms with Crippen molar-refractivity contribution in [2.45, 2.75) is 50.9 Å². The van der Waals surface area contributed by atoms with E-state index in [1.807, 2.05) is 4.90 Å². The topological polar surface area (TPSA) is 23.5 Å². The van der Waals surface area contributed by atoms with Crippen molar-refractivity contribution in [1.29, 1.82) is 0 Å². The van der Waals surface area contributed by atoms with E-state index in [1.165, 1.54) is 12.1 Å². The van der Waals surface area contributed by atoms with Gasteiger partial charge in [0.05, 0.1) is 11.7 Å². The van der Waals surface area contributed by atoms with Gasteiger partial charge in [-0.05, 0) is 43.9 Å². The molecule has 1 saturated carbocycles. The molecule has 1 aliphatic carbocycles. The van der Waals surface area contributed by atoms with E-state index in [0.29, 0.717) is 13.1 Å². The fraction of sp³-hybridized carbons (Fsp3) is 0.647. The van der Waals surface area contributed by atoms with Crippen LogP contribution in [0.15, 0.2) is 18.2 Å². The summed E-state index contributed by atoms with van der Waals surface area (Å²) in [4.78, 5) is 1.93. The van der Waals surface area contributed by atoms with E-state index >= 15 is 0 Å². The first-order chi connectivity index (χ1) is 10.8. The number of benzene rings is 1. The molecule has 0 unspecified atom stereocenters. The van der Waals surface area contributed by atoms with E-state index in [0.717, 1.165) is 38.2 Å². The smallest absolute Gasteiger partial charge is 0.393 e. The minimum Gasteiger partial charge on any atom is -0.393 e. The Hall–Kier alpha value is -1.14. The van der Waals surface area contributed by atoms with Gasteiger partial charge in [0, 0.05) is 18.5 Å². The molecule has 23 heavy (non-hydrogen) atoms. The fourth-order valence-corrected chi connectivity index (χ4v) is 4.25. The number of aliphatic hydroxyl groups excluding tert-OH is 1. The van der Waals surface area contributed by atoms with Crippen LogP contribution in [0.3, 0.4) is 0 Å². The maximum atomic E-state index is 13.7. The van der Waals surface area contributed by atoms with Crippen molar-refractivity contribution < 1.29 is 22.7 Å². The normalized spacial score (nSPS) is 29.3. The van der Waals surface area contributed by atoms with Gasteiger partial charge in [-0.1, -0.05) is 18.6 Å². The number of aliphatic hydroxyl groups is 1. The summed E-state index contributed by atoms with van der Waals surface area (Å²) < 4.78 is 53.0. The van der Waals surface area contributed by atoms with Gasteiger partial charge in [0.25, 0.3) is 0 Å². The standard InChI is InChI=1S/C17H21F4NO/c18-13-5-1-4-12(15(13)17(19,20)21)10-22-9-3-8-16(11-22)7-2-6-14(16)23/h1,4-5,14,23H,2-3,6-11H2/t14-,16-/m1/s1. The van der Waals surface area contributed by atoms with Gasteiger partial charge >= 0.3 is 6.18 Å². The molecule has 1 aromatic carbocycles. The van der Waals surface area contributed by atoms with Crippen molar-refractivity contribution in [1.82, 2.24) is 4.90 Å². The Morgan fingerprint density at radius 2 is 1.96 bits per heavy atom. The van der Waals surface area contributed by atoms with E-state index in [2.05, 4.69) is 0 Å². The number of alkyl halides is 3. The molecule has 0 amide bonds. The van der Waals surface area contributed by atoms with Crippen LogP contribution in [0.2, 0.25) is 0 Å². The summed E-state index contributed by atoms with van der Waals surface area (Å²) in [5.41, 5.74) is -1.38. The Kier molecular flexibility index (Phi) is 4.40. The molecule has 1 saturated heterocycles. The summed E-state index contributed by atoms with van der Waals surface area (Å²) >= 11 is 0. The fourth-order valence-electron chi connectivity index (χ4n) is 4.25. The number of hydrogen-bond acceptors (Lipinski definition) is 2. The van der Waals surface area contributed by atoms with Crippen molar-refractivity contribution in [2.75, 3.05) is 13.1 Å². The highest BCUT2D eigenvalue weighted by molar-refractivity contribution is 5.31. The van der Waals surface area contributed by atoms with Crippen molar-refractivity contribution in [3.63, 3.8) is 0 Å². The van der Waals surface area contributed by atoms with Crippen LogP contribution in [0.25, 0.3) is 0 Å². The zero-order valence-electron chi connectivity index (χ0n) is 12.9. The molecular formula is C17H21F4NO. The first-order valence-corrected chi connectivity index (χ1v) is 8.07. The van der Waals surface area contributed by atoms with Crippen molar-refractivity contribution in [3.8, 4) is 0 Å². The number of nitrogens with zero attached hydrogens (tertiary/aromatic N) is 1. The summed E-state index contributed by atoms with van der Waals surface area (Å²) in [6.45, 7) is 1.34. The second-order valence-electron chi connectivity index (χ2n) is 6.86. The van der Waals surface area contributed by atoms with Crippen LogP contribution in [-0.2, 0) is 12.7 Å². The first-order valence-electron chi connectivity index (χ1n) is 8.07. The van der Waals surface area contributed by atoms with E-state index in [9.17, 15) is 22.7 Å². The molecule has 0 radical (unpaired) electrons. The summed E-state index contributed by atoms with van der Waals surface area (Å²) in [6.07, 6.45) is -0.654. The van der Waals surface area contributed by atoms with E-state index in [1.54, 1.807) is 0 Å². The van der Waals surface area contributed by atoms with Crippen LogP contribution < -0.4 is 0 Å². The second kappa shape index (κ2) is 6.06. The molecule has 2 fully saturated rings. The Balaban J connectivity index is 1.81. The van der Waals surface area contributed by atoms with Gasteiger partial charge in [0.15, 0.2) is 0 Å². The zero-order valence-corrected chi connectivity index (χ0v) is 12.9. The molecular weight excluding hydrogens is 310 g/mol. The van der Waals surface area contributed by atoms with Crippen molar-refractivity contribution in [3.05, 3.63) is 35.1 Å². The molecule has 2 aliphatic rings. The van der Waals surface area contributed by atoms with Gasteiger partial charge in [-0.15, -0.1) is 0 Å². The van der Waals surface area contributed by atoms with E-state index in [4.69, 9.17) is 0 Å². The third-order valence-corrected chi connectivity index (χ3v) is 5.32. The molecule has 0 aromatic heterocycles. The summed E-state index contributed by atoms with van der Waals surface area (Å²) in [7, 11) is 0. The Morgan fingerprint density at radius 1 is 1.22 bits per heavy atom. The molecule has 6 heteroatoms. The van der Waals surface area contributed by atoms with Crippen LogP contribution in [0, 0.1) is 11.2 Å². The van der Waals surface area contributed by atoms with Crippen molar-refractivity contribution in [2.24, 2.45) is 5.41 Å². The number of halogens is 4. The predicted molar refractivity (Wildman–Crippen MR) is 78.2 cm³/mol. The quantitative estimate of drug-likeness (QED) is 0.829. The lowest BCUT2D eigenvalue weighted by atomic mass is 9.76. The first kappa shape index (κ1) is 16.7. The van der Waals surface area contributed by atoms with Gasteiger partial charge < -0.3 is 5.11 Å². The van der Waals surface area contributed by atoms with Crippen LogP contribution in [-0.4, -0.2) is 29.2 Å². The summed E-state index contributed by atoms with van der Waals surface area (Å²) in [6, 6.07) is 3.52. The average molecular weight is 331 g/mol. The third kappa shape index (κ3) is 3.24. The van der Waals surface area contributed by atoms with Gasteiger partial charge in [-0.25, -0.2) is 4.39 Å². The lowest BCUT2D eigenvalue weighted by Gasteiger charge is -2.42. The maximum absolute atomic E-state index is 13.7. The average Bonchev–Trinajstić information content (AvgIpc) is 2.78. The maximum Gasteiger partial charge on any atom is 0.419 e. The number of rotatable bonds is 2. The van der Waals surface area contributed by atoms with E-state index in [-0.39, 0.29) is 23.6 Å². The van der Waals surface area contributed by atoms with Crippen LogP contribution >= 0.6 is 0 Å². The van der Waals surface area contributed by atoms with E-state index < -0.39 is 17.6 Å². The molecule has 1 aromatic rings. The lowest BCUT2D eigenvalue weighted by Crippen LogP contribution is -2.46. The highest BCUT2D eigenvalue weighted by Gasteiger charge is 2.45. The highest BCUT2D eigenvalue weighted by Crippen LogP contribution is 2.45. The summed E-state index contributed by atoms with van der Waals surface area (Å²) in [5, 5.41) is 10.2. The van der Waals surface area contributed by atoms with Crippen LogP contribution in [0.1, 0.15) is 43.2 Å². The Labute approximate surface area is 133 Å². The molecule has 1 spiro atoms. The van der Waals surface area contributed by atoms with Gasteiger partial charge in [0.2, 0.25) is 0 Å². The number of piperidine rings is 1. The highest BCUT2D eigenvalue weighted by atomic mass is 19.4. The SMILES string of the molecule is O[C@@H]1CCC[C@]12CCCN(Cc1cccc(F)c1C(F)(F)F)C2. The minimum absolute atomic E-state index is 0.0259. The monoisotopic (exact) mass is 331 g/mol. The zero-order chi connectivity index (χ0) is 16.7. The molecule has 1 aliphatic heterocycles. The largest absolute Gasteiger partial charge is 0.419 e. The van der Waals surface area contributed by atoms with Crippen LogP contribution in [0.5, 0.6) is 0 Å². The van der Waals surface area contributed by atoms with Crippen molar-refractivity contribution >= 4 is 0 Å². The van der Waals surface area contributed by atoms with Gasteiger partial charge in [-0.2, -0.15) is 13.2 Å². The van der Waals surface area contributed by atoms with Gasteiger partial charge in [0.1, 0.15) is 5.82 Å². The Bertz CT molecular complexity index is 574. The second-order valence-corrected chi connectivity index (χ2v) is 6.86. The molecule has 2 atom stereocenters. The molecule has 1 N–H and O–H groups in total. The summed E-state index contributed by atoms with van der Waals surface area (Å²) in [5.74, 6) is -1.22. The van der Waals surface area contributed by atoms with Gasteiger partial charge in [-0.3, -0.25) is 4.90 Å². The number of likely N-dealkylation sites (tertiary alicyclic amines) is 1. The minimum atomic E-state index is -4.69. The number of hydrogen-bond donors (Lipinski definition) is 1. The molecule has 1 heterocycles. The van der Waals surface area contributed by atoms with Crippen LogP contribution in [0.4, 0.5) is 17.6 Å². The molecule has 2 nitrogen and oxygen atoms in total. The molecule has 128 valence electrons. The third-order valence-electron chi connectivity index (χ3n) is 5.32.